The fraction of sp³-hybridized carbons (Fsp3) is 0.278. The molecule has 4 nitrogen and oxygen atoms in total. The number of hydrogen-bond donors (Lipinski definition) is 1. The number of rotatable bonds is 8. The highest BCUT2D eigenvalue weighted by Gasteiger charge is 2.20. The van der Waals surface area contributed by atoms with E-state index in [0.29, 0.717) is 12.4 Å². The molecule has 0 unspecified atom stereocenters. The Morgan fingerprint density at radius 3 is 2.57 bits per heavy atom. The van der Waals surface area contributed by atoms with Crippen LogP contribution in [-0.4, -0.2) is 23.8 Å². The van der Waals surface area contributed by atoms with Crippen molar-refractivity contribution in [3.63, 3.8) is 0 Å². The van der Waals surface area contributed by atoms with E-state index >= 15 is 0 Å². The molecule has 1 atom stereocenters. The van der Waals surface area contributed by atoms with Crippen LogP contribution in [0, 0.1) is 5.82 Å². The number of carboxylic acids is 1. The molecule has 0 bridgehead atoms. The lowest BCUT2D eigenvalue weighted by atomic mass is 10.1. The smallest absolute Gasteiger partial charge is 0.333 e. The Balaban J connectivity index is 2.01. The highest BCUT2D eigenvalue weighted by Crippen LogP contribution is 2.20. The summed E-state index contributed by atoms with van der Waals surface area (Å²) in [6.07, 6.45) is -1.07. The van der Waals surface area contributed by atoms with Gasteiger partial charge in [0.15, 0.2) is 6.10 Å². The van der Waals surface area contributed by atoms with Gasteiger partial charge in [-0.15, -0.1) is 0 Å². The van der Waals surface area contributed by atoms with Crippen molar-refractivity contribution in [2.75, 3.05) is 6.61 Å². The number of hydrogen-bond acceptors (Lipinski definition) is 3. The molecule has 0 aliphatic carbocycles. The van der Waals surface area contributed by atoms with Gasteiger partial charge < -0.3 is 14.6 Å². The van der Waals surface area contributed by atoms with Gasteiger partial charge in [0, 0.05) is 19.1 Å². The molecule has 0 fully saturated rings. The Labute approximate surface area is 134 Å². The minimum absolute atomic E-state index is 0.0199. The number of carbonyl (C=O) groups is 1. The van der Waals surface area contributed by atoms with Gasteiger partial charge in [0.1, 0.15) is 18.2 Å². The van der Waals surface area contributed by atoms with Crippen LogP contribution in [0.3, 0.4) is 0 Å². The lowest BCUT2D eigenvalue weighted by Crippen LogP contribution is -2.26. The molecule has 0 spiro atoms. The first-order valence-corrected chi connectivity index (χ1v) is 7.39. The van der Waals surface area contributed by atoms with Gasteiger partial charge in [-0.05, 0) is 24.1 Å². The molecule has 1 N–H and O–H groups in total. The van der Waals surface area contributed by atoms with Crippen LogP contribution in [-0.2, 0) is 22.6 Å². The Hall–Kier alpha value is -2.40. The van der Waals surface area contributed by atoms with Gasteiger partial charge in [-0.2, -0.15) is 0 Å². The molecule has 0 aliphatic heterocycles. The number of halogens is 1. The van der Waals surface area contributed by atoms with E-state index in [4.69, 9.17) is 14.6 Å². The summed E-state index contributed by atoms with van der Waals surface area (Å²) in [5.74, 6) is -1.20. The zero-order chi connectivity index (χ0) is 16.7. The van der Waals surface area contributed by atoms with Crippen molar-refractivity contribution in [1.29, 1.82) is 0 Å². The van der Waals surface area contributed by atoms with Gasteiger partial charge in [0.2, 0.25) is 0 Å². The van der Waals surface area contributed by atoms with E-state index in [0.717, 1.165) is 5.56 Å². The first-order valence-electron chi connectivity index (χ1n) is 7.39. The minimum Gasteiger partial charge on any atom is -0.489 e. The molecule has 5 heteroatoms. The summed E-state index contributed by atoms with van der Waals surface area (Å²) in [6, 6.07) is 14.0. The summed E-state index contributed by atoms with van der Waals surface area (Å²) in [5.41, 5.74) is 1.28. The fourth-order valence-electron chi connectivity index (χ4n) is 2.14. The van der Waals surface area contributed by atoms with Crippen molar-refractivity contribution in [2.24, 2.45) is 0 Å². The fourth-order valence-corrected chi connectivity index (χ4v) is 2.14. The summed E-state index contributed by atoms with van der Waals surface area (Å²) < 4.78 is 24.8. The predicted molar refractivity (Wildman–Crippen MR) is 83.9 cm³/mol. The zero-order valence-corrected chi connectivity index (χ0v) is 12.9. The van der Waals surface area contributed by atoms with Crippen molar-refractivity contribution in [3.8, 4) is 5.75 Å². The number of ether oxygens (including phenoxy) is 2. The molecule has 122 valence electrons. The van der Waals surface area contributed by atoms with E-state index < -0.39 is 17.9 Å². The third-order valence-corrected chi connectivity index (χ3v) is 3.32. The molecule has 0 saturated carbocycles. The average molecular weight is 318 g/mol. The zero-order valence-electron chi connectivity index (χ0n) is 12.9. The van der Waals surface area contributed by atoms with Crippen molar-refractivity contribution >= 4 is 5.97 Å². The topological polar surface area (TPSA) is 55.8 Å². The van der Waals surface area contributed by atoms with Crippen LogP contribution in [0.25, 0.3) is 0 Å². The van der Waals surface area contributed by atoms with Crippen LogP contribution < -0.4 is 4.74 Å². The molecule has 0 aliphatic rings. The summed E-state index contributed by atoms with van der Waals surface area (Å²) in [4.78, 5) is 11.1. The Morgan fingerprint density at radius 2 is 1.96 bits per heavy atom. The molecule has 0 radical (unpaired) electrons. The second-order valence-electron chi connectivity index (χ2n) is 5.01. The van der Waals surface area contributed by atoms with Crippen molar-refractivity contribution in [3.05, 3.63) is 65.5 Å². The SMILES string of the molecule is CCO[C@@H](Cc1ccc(OCc2ccccc2)cc1F)C(=O)O. The minimum atomic E-state index is -1.10. The molecule has 0 saturated heterocycles. The van der Waals surface area contributed by atoms with E-state index in [-0.39, 0.29) is 18.6 Å². The third-order valence-electron chi connectivity index (χ3n) is 3.32. The van der Waals surface area contributed by atoms with Crippen LogP contribution in [0.5, 0.6) is 5.75 Å². The highest BCUT2D eigenvalue weighted by atomic mass is 19.1. The van der Waals surface area contributed by atoms with Crippen molar-refractivity contribution in [1.82, 2.24) is 0 Å². The highest BCUT2D eigenvalue weighted by molar-refractivity contribution is 5.72. The van der Waals surface area contributed by atoms with E-state index in [2.05, 4.69) is 0 Å². The molecule has 2 aromatic carbocycles. The molecular formula is C18H19FO4. The van der Waals surface area contributed by atoms with Gasteiger partial charge in [-0.3, -0.25) is 0 Å². The summed E-state index contributed by atoms with van der Waals surface area (Å²) in [7, 11) is 0. The van der Waals surface area contributed by atoms with Crippen molar-refractivity contribution in [2.45, 2.75) is 26.1 Å². The Morgan fingerprint density at radius 1 is 1.22 bits per heavy atom. The van der Waals surface area contributed by atoms with E-state index in [1.807, 2.05) is 30.3 Å². The number of benzene rings is 2. The van der Waals surface area contributed by atoms with Gasteiger partial charge in [-0.1, -0.05) is 36.4 Å². The predicted octanol–water partition coefficient (Wildman–Crippen LogP) is 3.44. The maximum atomic E-state index is 14.1. The van der Waals surface area contributed by atoms with E-state index in [9.17, 15) is 9.18 Å². The summed E-state index contributed by atoms with van der Waals surface area (Å²) in [6.45, 7) is 2.31. The molecule has 23 heavy (non-hydrogen) atoms. The monoisotopic (exact) mass is 318 g/mol. The molecule has 2 aromatic rings. The number of aliphatic carboxylic acids is 1. The van der Waals surface area contributed by atoms with Crippen LogP contribution in [0.2, 0.25) is 0 Å². The Bertz CT molecular complexity index is 643. The molecule has 2 rings (SSSR count). The van der Waals surface area contributed by atoms with Gasteiger partial charge in [0.25, 0.3) is 0 Å². The maximum Gasteiger partial charge on any atom is 0.333 e. The standard InChI is InChI=1S/C18H19FO4/c1-2-22-17(18(20)21)10-14-8-9-15(11-16(14)19)23-12-13-6-4-3-5-7-13/h3-9,11,17H,2,10,12H2,1H3,(H,20,21)/t17-/m0/s1. The van der Waals surface area contributed by atoms with Crippen LogP contribution in [0.4, 0.5) is 4.39 Å². The summed E-state index contributed by atoms with van der Waals surface area (Å²) >= 11 is 0. The molecular weight excluding hydrogens is 299 g/mol. The van der Waals surface area contributed by atoms with Gasteiger partial charge in [0.05, 0.1) is 0 Å². The second kappa shape index (κ2) is 8.29. The van der Waals surface area contributed by atoms with Gasteiger partial charge >= 0.3 is 5.97 Å². The van der Waals surface area contributed by atoms with Crippen LogP contribution >= 0.6 is 0 Å². The van der Waals surface area contributed by atoms with Crippen LogP contribution in [0.1, 0.15) is 18.1 Å². The number of carboxylic acid groups (broad SMARTS) is 1. The molecule has 0 amide bonds. The molecule has 0 heterocycles. The maximum absolute atomic E-state index is 14.1. The Kier molecular flexibility index (Phi) is 6.11. The first kappa shape index (κ1) is 17.0. The van der Waals surface area contributed by atoms with E-state index in [1.165, 1.54) is 12.1 Å². The van der Waals surface area contributed by atoms with Crippen molar-refractivity contribution < 1.29 is 23.8 Å². The average Bonchev–Trinajstić information content (AvgIpc) is 2.55. The second-order valence-corrected chi connectivity index (χ2v) is 5.01. The first-order chi connectivity index (χ1) is 11.1. The van der Waals surface area contributed by atoms with Crippen LogP contribution in [0.15, 0.2) is 48.5 Å². The quantitative estimate of drug-likeness (QED) is 0.810. The summed E-state index contributed by atoms with van der Waals surface area (Å²) in [5, 5.41) is 9.05. The lowest BCUT2D eigenvalue weighted by molar-refractivity contribution is -0.149. The van der Waals surface area contributed by atoms with E-state index in [1.54, 1.807) is 13.0 Å². The lowest BCUT2D eigenvalue weighted by Gasteiger charge is -2.13. The molecule has 0 aromatic heterocycles. The normalized spacial score (nSPS) is 11.9. The largest absolute Gasteiger partial charge is 0.489 e. The van der Waals surface area contributed by atoms with Gasteiger partial charge in [-0.25, -0.2) is 9.18 Å². The third kappa shape index (κ3) is 5.07.